The first-order chi connectivity index (χ1) is 15.6. The Morgan fingerprint density at radius 3 is 2.48 bits per heavy atom. The second-order valence-electron chi connectivity index (χ2n) is 7.09. The lowest BCUT2D eigenvalue weighted by atomic mass is 10.0. The maximum absolute atomic E-state index is 15.0. The lowest BCUT2D eigenvalue weighted by molar-refractivity contribution is -0.274. The zero-order valence-corrected chi connectivity index (χ0v) is 16.8. The number of ether oxygens (including phenoxy) is 2. The third kappa shape index (κ3) is 4.40. The quantitative estimate of drug-likeness (QED) is 0.543. The summed E-state index contributed by atoms with van der Waals surface area (Å²) in [5.74, 6) is -3.52. The number of carbonyl (C=O) groups excluding carboxylic acids is 1. The summed E-state index contributed by atoms with van der Waals surface area (Å²) in [5, 5.41) is 9.55. The van der Waals surface area contributed by atoms with Crippen LogP contribution in [0.5, 0.6) is 5.75 Å². The number of carbonyl (C=O) groups is 2. The number of carboxylic acids is 1. The summed E-state index contributed by atoms with van der Waals surface area (Å²) in [6.07, 6.45) is -5.80. The fourth-order valence-corrected chi connectivity index (χ4v) is 3.59. The number of benzene rings is 2. The molecule has 11 heteroatoms. The number of carboxylic acid groups (broad SMARTS) is 1. The normalized spacial score (nSPS) is 15.4. The number of halogens is 4. The monoisotopic (exact) mass is 462 g/mol. The number of rotatable bonds is 5. The summed E-state index contributed by atoms with van der Waals surface area (Å²) in [5.41, 5.74) is -0.268. The zero-order valence-electron chi connectivity index (χ0n) is 16.8. The molecule has 4 rings (SSSR count). The topological polar surface area (TPSA) is 98.6 Å². The van der Waals surface area contributed by atoms with Crippen LogP contribution < -0.4 is 4.74 Å². The van der Waals surface area contributed by atoms with Crippen LogP contribution in [0, 0.1) is 5.82 Å². The van der Waals surface area contributed by atoms with Crippen LogP contribution in [-0.2, 0) is 4.74 Å². The molecule has 1 N–H and O–H groups in total. The number of Topliss-reactive ketones (excluding diaryl/α,β-unsaturated/α-hetero) is 1. The minimum absolute atomic E-state index is 0.0391. The van der Waals surface area contributed by atoms with Crippen molar-refractivity contribution in [1.29, 1.82) is 0 Å². The molecule has 0 radical (unpaired) electrons. The van der Waals surface area contributed by atoms with Crippen LogP contribution in [0.4, 0.5) is 17.6 Å². The van der Waals surface area contributed by atoms with Crippen molar-refractivity contribution < 1.29 is 41.7 Å². The predicted octanol–water partition coefficient (Wildman–Crippen LogP) is 4.82. The van der Waals surface area contributed by atoms with Crippen LogP contribution in [0.2, 0.25) is 0 Å². The van der Waals surface area contributed by atoms with E-state index in [1.165, 1.54) is 31.4 Å². The minimum Gasteiger partial charge on any atom is -0.476 e. The van der Waals surface area contributed by atoms with E-state index >= 15 is 0 Å². The fraction of sp³-hybridized carbons (Fsp3) is 0.182. The van der Waals surface area contributed by atoms with Crippen LogP contribution in [0.1, 0.15) is 39.1 Å². The van der Waals surface area contributed by atoms with Crippen molar-refractivity contribution in [3.05, 3.63) is 65.2 Å². The van der Waals surface area contributed by atoms with Crippen LogP contribution in [0.15, 0.2) is 42.5 Å². The van der Waals surface area contributed by atoms with Crippen molar-refractivity contribution in [2.45, 2.75) is 18.9 Å². The van der Waals surface area contributed by atoms with Gasteiger partial charge < -0.3 is 14.6 Å². The molecule has 1 atom stereocenters. The molecule has 0 saturated heterocycles. The van der Waals surface area contributed by atoms with Gasteiger partial charge >= 0.3 is 12.3 Å². The molecule has 1 unspecified atom stereocenters. The highest BCUT2D eigenvalue weighted by Crippen LogP contribution is 2.37. The van der Waals surface area contributed by atoms with Gasteiger partial charge in [-0.15, -0.1) is 13.2 Å². The van der Waals surface area contributed by atoms with Gasteiger partial charge in [-0.3, -0.25) is 4.79 Å². The van der Waals surface area contributed by atoms with Crippen molar-refractivity contribution in [3.8, 4) is 28.3 Å². The number of ketones is 1. The maximum Gasteiger partial charge on any atom is 0.573 e. The Balaban J connectivity index is 1.75. The molecule has 0 saturated carbocycles. The molecular formula is C22H14F4N2O5. The van der Waals surface area contributed by atoms with E-state index in [0.717, 1.165) is 18.2 Å². The number of aromatic carboxylic acids is 1. The van der Waals surface area contributed by atoms with E-state index in [2.05, 4.69) is 14.7 Å². The molecule has 1 heterocycles. The highest BCUT2D eigenvalue weighted by atomic mass is 19.4. The van der Waals surface area contributed by atoms with Crippen LogP contribution in [0.25, 0.3) is 22.5 Å². The first kappa shape index (κ1) is 22.3. The van der Waals surface area contributed by atoms with Gasteiger partial charge in [-0.25, -0.2) is 19.2 Å². The van der Waals surface area contributed by atoms with E-state index < -0.39 is 41.5 Å². The standard InChI is InChI=1S/C22H14F4N2O5/c1-32-16-9-15(29)18-17(16)19(21(30)31)28-20(27-18)13-6-5-11(8-14(13)23)10-3-2-4-12(7-10)33-22(24,25)26/h2-8,16H,9H2,1H3,(H,30,31). The number of nitrogens with zero attached hydrogens (tertiary/aromatic N) is 2. The van der Waals surface area contributed by atoms with Crippen molar-refractivity contribution >= 4 is 11.8 Å². The van der Waals surface area contributed by atoms with Crippen LogP contribution >= 0.6 is 0 Å². The molecule has 1 aromatic heterocycles. The summed E-state index contributed by atoms with van der Waals surface area (Å²) in [4.78, 5) is 32.0. The molecule has 0 bridgehead atoms. The number of methoxy groups -OCH3 is 1. The third-order valence-electron chi connectivity index (χ3n) is 5.00. The van der Waals surface area contributed by atoms with Crippen LogP contribution in [-0.4, -0.2) is 40.3 Å². The summed E-state index contributed by atoms with van der Waals surface area (Å²) in [6, 6.07) is 8.69. The fourth-order valence-electron chi connectivity index (χ4n) is 3.59. The van der Waals surface area contributed by atoms with Gasteiger partial charge in [-0.1, -0.05) is 18.2 Å². The van der Waals surface area contributed by atoms with E-state index in [1.807, 2.05) is 0 Å². The minimum atomic E-state index is -4.88. The van der Waals surface area contributed by atoms with Gasteiger partial charge in [-0.2, -0.15) is 0 Å². The molecular weight excluding hydrogens is 448 g/mol. The number of aromatic nitrogens is 2. The lowest BCUT2D eigenvalue weighted by Crippen LogP contribution is -2.17. The lowest BCUT2D eigenvalue weighted by Gasteiger charge is -2.13. The third-order valence-corrected chi connectivity index (χ3v) is 5.00. The van der Waals surface area contributed by atoms with Gasteiger partial charge in [-0.05, 0) is 35.4 Å². The van der Waals surface area contributed by atoms with Gasteiger partial charge in [0, 0.05) is 19.1 Å². The molecule has 0 aliphatic heterocycles. The van der Waals surface area contributed by atoms with Crippen molar-refractivity contribution in [1.82, 2.24) is 9.97 Å². The van der Waals surface area contributed by atoms with Crippen LogP contribution in [0.3, 0.4) is 0 Å². The van der Waals surface area contributed by atoms with E-state index in [0.29, 0.717) is 0 Å². The predicted molar refractivity (Wildman–Crippen MR) is 105 cm³/mol. The second-order valence-corrected chi connectivity index (χ2v) is 7.09. The molecule has 2 aromatic carbocycles. The average Bonchev–Trinajstić information content (AvgIpc) is 3.07. The van der Waals surface area contributed by atoms with E-state index in [-0.39, 0.29) is 40.2 Å². The molecule has 1 aliphatic rings. The molecule has 7 nitrogen and oxygen atoms in total. The van der Waals surface area contributed by atoms with Crippen molar-refractivity contribution in [2.24, 2.45) is 0 Å². The number of hydrogen-bond acceptors (Lipinski definition) is 6. The van der Waals surface area contributed by atoms with Gasteiger partial charge in [0.2, 0.25) is 0 Å². The Kier molecular flexibility index (Phi) is 5.58. The highest BCUT2D eigenvalue weighted by molar-refractivity contribution is 6.03. The van der Waals surface area contributed by atoms with Gasteiger partial charge in [0.15, 0.2) is 17.3 Å². The summed E-state index contributed by atoms with van der Waals surface area (Å²) >= 11 is 0. The van der Waals surface area contributed by atoms with Crippen molar-refractivity contribution in [2.75, 3.05) is 7.11 Å². The maximum atomic E-state index is 15.0. The Morgan fingerprint density at radius 2 is 1.85 bits per heavy atom. The van der Waals surface area contributed by atoms with Gasteiger partial charge in [0.25, 0.3) is 0 Å². The molecule has 0 spiro atoms. The summed E-state index contributed by atoms with van der Waals surface area (Å²) in [6.45, 7) is 0. The highest BCUT2D eigenvalue weighted by Gasteiger charge is 2.37. The SMILES string of the molecule is COC1CC(=O)c2nc(-c3ccc(-c4cccc(OC(F)(F)F)c4)cc3F)nc(C(=O)O)c21. The Bertz CT molecular complexity index is 1280. The van der Waals surface area contributed by atoms with E-state index in [1.54, 1.807) is 0 Å². The first-order valence-electron chi connectivity index (χ1n) is 9.44. The van der Waals surface area contributed by atoms with Gasteiger partial charge in [0.1, 0.15) is 17.3 Å². The second kappa shape index (κ2) is 8.24. The Morgan fingerprint density at radius 1 is 1.12 bits per heavy atom. The van der Waals surface area contributed by atoms with E-state index in [4.69, 9.17) is 4.74 Å². The first-order valence-corrected chi connectivity index (χ1v) is 9.44. The molecule has 0 amide bonds. The molecule has 33 heavy (non-hydrogen) atoms. The molecule has 0 fully saturated rings. The number of fused-ring (bicyclic) bond motifs is 1. The zero-order chi connectivity index (χ0) is 23.9. The van der Waals surface area contributed by atoms with E-state index in [9.17, 15) is 32.3 Å². The Hall–Kier alpha value is -3.86. The average molecular weight is 462 g/mol. The molecule has 170 valence electrons. The molecule has 3 aromatic rings. The smallest absolute Gasteiger partial charge is 0.476 e. The summed E-state index contributed by atoms with van der Waals surface area (Å²) < 4.78 is 61.4. The largest absolute Gasteiger partial charge is 0.573 e. The Labute approximate surface area is 183 Å². The van der Waals surface area contributed by atoms with Crippen molar-refractivity contribution in [3.63, 3.8) is 0 Å². The van der Waals surface area contributed by atoms with Gasteiger partial charge in [0.05, 0.1) is 11.7 Å². The number of hydrogen-bond donors (Lipinski definition) is 1. The number of alkyl halides is 3. The summed E-state index contributed by atoms with van der Waals surface area (Å²) in [7, 11) is 1.32. The molecule has 1 aliphatic carbocycles.